The molecule has 0 fully saturated rings. The van der Waals surface area contributed by atoms with Gasteiger partial charge in [-0.2, -0.15) is 0 Å². The smallest absolute Gasteiger partial charge is 0.164 e. The Balaban J connectivity index is 1.02. The van der Waals surface area contributed by atoms with Crippen molar-refractivity contribution in [3.8, 4) is 67.5 Å². The van der Waals surface area contributed by atoms with Crippen LogP contribution >= 0.6 is 0 Å². The summed E-state index contributed by atoms with van der Waals surface area (Å²) in [5.74, 6) is 1.90. The minimum absolute atomic E-state index is 0.624. The number of hydrogen-bond donors (Lipinski definition) is 0. The van der Waals surface area contributed by atoms with Gasteiger partial charge in [0.25, 0.3) is 0 Å². The molecule has 0 amide bonds. The minimum atomic E-state index is 0.624. The first-order chi connectivity index (χ1) is 30.7. The Morgan fingerprint density at radius 3 is 1.45 bits per heavy atom. The van der Waals surface area contributed by atoms with Crippen molar-refractivity contribution < 1.29 is 0 Å². The van der Waals surface area contributed by atoms with Gasteiger partial charge in [0, 0.05) is 16.7 Å². The van der Waals surface area contributed by atoms with E-state index in [2.05, 4.69) is 224 Å². The summed E-state index contributed by atoms with van der Waals surface area (Å²) < 4.78 is 0. The van der Waals surface area contributed by atoms with E-state index in [1.807, 2.05) is 0 Å². The predicted octanol–water partition coefficient (Wildman–Crippen LogP) is 15.6. The summed E-state index contributed by atoms with van der Waals surface area (Å²) in [4.78, 5) is 16.1. The summed E-state index contributed by atoms with van der Waals surface area (Å²) >= 11 is 0. The van der Waals surface area contributed by atoms with Gasteiger partial charge in [0.2, 0.25) is 0 Å². The van der Waals surface area contributed by atoms with Crippen LogP contribution in [0.25, 0.3) is 121 Å². The third kappa shape index (κ3) is 6.27. The SMILES string of the molecule is c1ccc(-c2cc(-c3nc(-c4cccc(-c5ccc6cc(-c7cccc8ccccc78)ccc6c5)c4)nc(-c4cc5ccccc5c5ccccc45)n3)c3ccccc3c2)cc1. The third-order valence-corrected chi connectivity index (χ3v) is 12.2. The van der Waals surface area contributed by atoms with Crippen LogP contribution in [0.2, 0.25) is 0 Å². The number of hydrogen-bond acceptors (Lipinski definition) is 3. The molecule has 0 aliphatic carbocycles. The highest BCUT2D eigenvalue weighted by molar-refractivity contribution is 6.13. The molecule has 0 saturated carbocycles. The summed E-state index contributed by atoms with van der Waals surface area (Å²) in [6, 6.07) is 80.2. The van der Waals surface area contributed by atoms with E-state index in [0.717, 1.165) is 60.5 Å². The Bertz CT molecular complexity index is 3700. The van der Waals surface area contributed by atoms with Crippen LogP contribution in [0.5, 0.6) is 0 Å². The number of rotatable bonds is 6. The molecule has 0 spiro atoms. The lowest BCUT2D eigenvalue weighted by molar-refractivity contribution is 1.08. The van der Waals surface area contributed by atoms with Crippen molar-refractivity contribution in [3.63, 3.8) is 0 Å². The summed E-state index contributed by atoms with van der Waals surface area (Å²) in [6.45, 7) is 0. The molecule has 0 bridgehead atoms. The van der Waals surface area contributed by atoms with E-state index in [1.165, 1.54) is 43.4 Å². The molecule has 3 nitrogen and oxygen atoms in total. The fourth-order valence-electron chi connectivity index (χ4n) is 9.19. The van der Waals surface area contributed by atoms with Crippen molar-refractivity contribution in [2.45, 2.75) is 0 Å². The molecule has 12 rings (SSSR count). The largest absolute Gasteiger partial charge is 0.208 e. The maximum Gasteiger partial charge on any atom is 0.164 e. The summed E-state index contributed by atoms with van der Waals surface area (Å²) in [6.07, 6.45) is 0. The number of aromatic nitrogens is 3. The molecule has 0 unspecified atom stereocenters. The van der Waals surface area contributed by atoms with Gasteiger partial charge in [-0.25, -0.2) is 15.0 Å². The molecule has 0 radical (unpaired) electrons. The average Bonchev–Trinajstić information content (AvgIpc) is 3.35. The lowest BCUT2D eigenvalue weighted by Gasteiger charge is -2.15. The van der Waals surface area contributed by atoms with Gasteiger partial charge in [-0.05, 0) is 124 Å². The Hall–Kier alpha value is -8.27. The topological polar surface area (TPSA) is 38.7 Å². The molecule has 62 heavy (non-hydrogen) atoms. The molecule has 1 heterocycles. The summed E-state index contributed by atoms with van der Waals surface area (Å²) in [5.41, 5.74) is 9.80. The standard InChI is InChI=1S/C59H37N3/c1-2-14-38(15-3-1)48-35-44-17-5-9-24-52(44)55(37-48)58-60-57(61-59(62-58)56-36-45-18-6-8-23-51(45)53-25-10-11-26-54(53)56)47-21-12-20-40(34-47)41-28-29-43-33-46(31-30-42(43)32-41)50-27-13-19-39-16-4-7-22-49(39)50/h1-37H. The molecule has 0 N–H and O–H groups in total. The van der Waals surface area contributed by atoms with E-state index in [0.29, 0.717) is 17.5 Å². The van der Waals surface area contributed by atoms with E-state index in [-0.39, 0.29) is 0 Å². The van der Waals surface area contributed by atoms with E-state index >= 15 is 0 Å². The van der Waals surface area contributed by atoms with Gasteiger partial charge < -0.3 is 0 Å². The van der Waals surface area contributed by atoms with Crippen molar-refractivity contribution in [2.75, 3.05) is 0 Å². The van der Waals surface area contributed by atoms with Gasteiger partial charge in [-0.1, -0.05) is 188 Å². The maximum atomic E-state index is 5.38. The monoisotopic (exact) mass is 787 g/mol. The summed E-state index contributed by atoms with van der Waals surface area (Å²) in [5, 5.41) is 11.7. The second-order valence-corrected chi connectivity index (χ2v) is 16.0. The second-order valence-electron chi connectivity index (χ2n) is 16.0. The lowest BCUT2D eigenvalue weighted by atomic mass is 9.94. The van der Waals surface area contributed by atoms with Crippen LogP contribution in [0.15, 0.2) is 224 Å². The fourth-order valence-corrected chi connectivity index (χ4v) is 9.19. The Morgan fingerprint density at radius 1 is 0.194 bits per heavy atom. The number of benzene rings is 11. The van der Waals surface area contributed by atoms with Crippen LogP contribution in [0.4, 0.5) is 0 Å². The van der Waals surface area contributed by atoms with Gasteiger partial charge in [0.05, 0.1) is 0 Å². The van der Waals surface area contributed by atoms with Crippen molar-refractivity contribution in [2.24, 2.45) is 0 Å². The Kier molecular flexibility index (Phi) is 8.50. The van der Waals surface area contributed by atoms with Crippen LogP contribution < -0.4 is 0 Å². The third-order valence-electron chi connectivity index (χ3n) is 12.2. The van der Waals surface area contributed by atoms with Gasteiger partial charge in [-0.15, -0.1) is 0 Å². The van der Waals surface area contributed by atoms with Crippen molar-refractivity contribution in [1.82, 2.24) is 15.0 Å². The summed E-state index contributed by atoms with van der Waals surface area (Å²) in [7, 11) is 0. The van der Waals surface area contributed by atoms with Crippen LogP contribution in [0, 0.1) is 0 Å². The molecule has 12 aromatic rings. The van der Waals surface area contributed by atoms with Crippen molar-refractivity contribution in [3.05, 3.63) is 224 Å². The normalized spacial score (nSPS) is 11.5. The van der Waals surface area contributed by atoms with Crippen LogP contribution in [-0.4, -0.2) is 15.0 Å². The highest BCUT2D eigenvalue weighted by Gasteiger charge is 2.19. The molecule has 0 aliphatic rings. The maximum absolute atomic E-state index is 5.38. The van der Waals surface area contributed by atoms with Crippen LogP contribution in [-0.2, 0) is 0 Å². The van der Waals surface area contributed by atoms with Gasteiger partial charge in [0.1, 0.15) is 0 Å². The highest BCUT2D eigenvalue weighted by Crippen LogP contribution is 2.39. The molecule has 1 aromatic heterocycles. The Labute approximate surface area is 359 Å². The van der Waals surface area contributed by atoms with Gasteiger partial charge in [0.15, 0.2) is 17.5 Å². The van der Waals surface area contributed by atoms with Gasteiger partial charge >= 0.3 is 0 Å². The average molecular weight is 788 g/mol. The Morgan fingerprint density at radius 2 is 0.677 bits per heavy atom. The highest BCUT2D eigenvalue weighted by atomic mass is 15.0. The van der Waals surface area contributed by atoms with Crippen molar-refractivity contribution >= 4 is 53.9 Å². The van der Waals surface area contributed by atoms with Crippen molar-refractivity contribution in [1.29, 1.82) is 0 Å². The predicted molar refractivity (Wildman–Crippen MR) is 260 cm³/mol. The van der Waals surface area contributed by atoms with Gasteiger partial charge in [-0.3, -0.25) is 0 Å². The zero-order valence-electron chi connectivity index (χ0n) is 33.7. The van der Waals surface area contributed by atoms with Crippen LogP contribution in [0.3, 0.4) is 0 Å². The molecule has 3 heteroatoms. The fraction of sp³-hybridized carbons (Fsp3) is 0. The first-order valence-electron chi connectivity index (χ1n) is 21.1. The molecule has 0 aliphatic heterocycles. The zero-order chi connectivity index (χ0) is 41.0. The number of fused-ring (bicyclic) bond motifs is 6. The quantitative estimate of drug-likeness (QED) is 0.158. The van der Waals surface area contributed by atoms with E-state index in [4.69, 9.17) is 15.0 Å². The molecule has 288 valence electrons. The van der Waals surface area contributed by atoms with E-state index in [1.54, 1.807) is 0 Å². The molecular formula is C59H37N3. The van der Waals surface area contributed by atoms with E-state index in [9.17, 15) is 0 Å². The lowest BCUT2D eigenvalue weighted by Crippen LogP contribution is -2.01. The first-order valence-corrected chi connectivity index (χ1v) is 21.1. The minimum Gasteiger partial charge on any atom is -0.208 e. The first kappa shape index (κ1) is 35.7. The molecule has 0 saturated heterocycles. The molecule has 0 atom stereocenters. The zero-order valence-corrected chi connectivity index (χ0v) is 33.7. The number of nitrogens with zero attached hydrogens (tertiary/aromatic N) is 3. The molecule has 11 aromatic carbocycles. The second kappa shape index (κ2) is 14.8. The van der Waals surface area contributed by atoms with E-state index < -0.39 is 0 Å². The molecular weight excluding hydrogens is 751 g/mol. The van der Waals surface area contributed by atoms with Crippen LogP contribution in [0.1, 0.15) is 0 Å².